The third-order valence-corrected chi connectivity index (χ3v) is 9.07. The molecule has 5 rings (SSSR count). The normalized spacial score (nSPS) is 35.1. The number of nitrogens with zero attached hydrogens (tertiary/aromatic N) is 1. The minimum absolute atomic E-state index is 0.208. The van der Waals surface area contributed by atoms with Crippen molar-refractivity contribution in [3.8, 4) is 11.8 Å². The van der Waals surface area contributed by atoms with Gasteiger partial charge in [-0.15, -0.1) is 0 Å². The van der Waals surface area contributed by atoms with Crippen molar-refractivity contribution in [1.82, 2.24) is 0 Å². The quantitative estimate of drug-likeness (QED) is 0.664. The summed E-state index contributed by atoms with van der Waals surface area (Å²) < 4.78 is 0. The maximum atomic E-state index is 12.2. The van der Waals surface area contributed by atoms with Crippen LogP contribution < -0.4 is 4.90 Å². The Morgan fingerprint density at radius 3 is 2.58 bits per heavy atom. The lowest BCUT2D eigenvalue weighted by Crippen LogP contribution is -2.51. The van der Waals surface area contributed by atoms with E-state index < -0.39 is 5.60 Å². The number of aliphatic hydroxyl groups is 2. The minimum Gasteiger partial charge on any atom is -0.384 e. The smallest absolute Gasteiger partial charge is 0.156 e. The van der Waals surface area contributed by atoms with Crippen LogP contribution in [0.25, 0.3) is 0 Å². The summed E-state index contributed by atoms with van der Waals surface area (Å²) in [7, 11) is 4.11. The van der Waals surface area contributed by atoms with Gasteiger partial charge in [-0.25, -0.2) is 0 Å². The molecule has 1 aromatic rings. The zero-order chi connectivity index (χ0) is 23.4. The van der Waals surface area contributed by atoms with Gasteiger partial charge in [-0.05, 0) is 85.3 Å². The Labute approximate surface area is 197 Å². The molecule has 0 radical (unpaired) electrons. The Balaban J connectivity index is 1.66. The van der Waals surface area contributed by atoms with Gasteiger partial charge in [0.25, 0.3) is 0 Å². The second-order valence-corrected chi connectivity index (χ2v) is 10.8. The molecule has 0 bridgehead atoms. The number of anilines is 1. The van der Waals surface area contributed by atoms with Gasteiger partial charge in [-0.1, -0.05) is 36.5 Å². The zero-order valence-electron chi connectivity index (χ0n) is 20.0. The summed E-state index contributed by atoms with van der Waals surface area (Å²) in [5.74, 6) is 7.10. The van der Waals surface area contributed by atoms with Crippen LogP contribution in [0.2, 0.25) is 0 Å². The molecule has 5 atom stereocenters. The monoisotopic (exact) mass is 445 g/mol. The van der Waals surface area contributed by atoms with Crippen molar-refractivity contribution < 1.29 is 15.0 Å². The van der Waals surface area contributed by atoms with Gasteiger partial charge in [0.05, 0.1) is 0 Å². The van der Waals surface area contributed by atoms with Gasteiger partial charge in [0.15, 0.2) is 5.78 Å². The van der Waals surface area contributed by atoms with Gasteiger partial charge in [-0.2, -0.15) is 0 Å². The Morgan fingerprint density at radius 1 is 1.12 bits per heavy atom. The van der Waals surface area contributed by atoms with E-state index in [2.05, 4.69) is 62.0 Å². The molecule has 4 aliphatic rings. The number of rotatable bonds is 2. The average molecular weight is 446 g/mol. The highest BCUT2D eigenvalue weighted by Crippen LogP contribution is 2.66. The van der Waals surface area contributed by atoms with Crippen LogP contribution in [0.1, 0.15) is 63.4 Å². The summed E-state index contributed by atoms with van der Waals surface area (Å²) in [5.41, 5.74) is 5.26. The van der Waals surface area contributed by atoms with Crippen LogP contribution in [0.5, 0.6) is 0 Å². The van der Waals surface area contributed by atoms with E-state index in [1.54, 1.807) is 0 Å². The van der Waals surface area contributed by atoms with Gasteiger partial charge in [0.1, 0.15) is 12.2 Å². The van der Waals surface area contributed by atoms with Crippen LogP contribution >= 0.6 is 0 Å². The summed E-state index contributed by atoms with van der Waals surface area (Å²) in [4.78, 5) is 14.3. The number of carbonyl (C=O) groups excluding carboxylic acids is 1. The van der Waals surface area contributed by atoms with Crippen molar-refractivity contribution in [3.63, 3.8) is 0 Å². The summed E-state index contributed by atoms with van der Waals surface area (Å²) in [6.45, 7) is 2.01. The number of ketones is 1. The lowest BCUT2D eigenvalue weighted by Gasteiger charge is -2.53. The molecule has 2 N–H and O–H groups in total. The molecule has 0 heterocycles. The molecule has 0 aromatic heterocycles. The fraction of sp³-hybridized carbons (Fsp3) is 0.552. The van der Waals surface area contributed by atoms with E-state index >= 15 is 0 Å². The van der Waals surface area contributed by atoms with E-state index in [0.717, 1.165) is 32.1 Å². The first-order valence-corrected chi connectivity index (χ1v) is 12.3. The number of hydrogen-bond acceptors (Lipinski definition) is 4. The van der Waals surface area contributed by atoms with Crippen molar-refractivity contribution in [2.24, 2.45) is 17.3 Å². The molecule has 33 heavy (non-hydrogen) atoms. The van der Waals surface area contributed by atoms with Crippen LogP contribution in [0.3, 0.4) is 0 Å². The molecule has 2 fully saturated rings. The Bertz CT molecular complexity index is 1090. The van der Waals surface area contributed by atoms with Gasteiger partial charge in [0.2, 0.25) is 0 Å². The highest BCUT2D eigenvalue weighted by molar-refractivity contribution is 5.93. The number of carbonyl (C=O) groups is 1. The Kier molecular flexibility index (Phi) is 5.54. The number of hydrogen-bond donors (Lipinski definition) is 2. The van der Waals surface area contributed by atoms with Gasteiger partial charge in [-0.3, -0.25) is 4.79 Å². The van der Waals surface area contributed by atoms with Crippen LogP contribution in [0.15, 0.2) is 47.1 Å². The predicted molar refractivity (Wildman–Crippen MR) is 131 cm³/mol. The van der Waals surface area contributed by atoms with Crippen molar-refractivity contribution in [3.05, 3.63) is 52.6 Å². The maximum Gasteiger partial charge on any atom is 0.156 e. The molecule has 0 saturated heterocycles. The number of aliphatic hydroxyl groups excluding tert-OH is 1. The molecule has 0 amide bonds. The third kappa shape index (κ3) is 3.49. The molecule has 4 heteroatoms. The first kappa shape index (κ1) is 22.4. The molecule has 174 valence electrons. The topological polar surface area (TPSA) is 60.8 Å². The molecule has 4 nitrogen and oxygen atoms in total. The van der Waals surface area contributed by atoms with Crippen molar-refractivity contribution in [2.45, 2.75) is 63.4 Å². The molecule has 0 aliphatic heterocycles. The van der Waals surface area contributed by atoms with E-state index in [1.807, 2.05) is 6.08 Å². The van der Waals surface area contributed by atoms with E-state index in [9.17, 15) is 15.0 Å². The van der Waals surface area contributed by atoms with Gasteiger partial charge in [0, 0.05) is 37.5 Å². The Hall–Kier alpha value is -2.35. The molecule has 1 aromatic carbocycles. The molecular formula is C29H35NO3. The first-order valence-electron chi connectivity index (χ1n) is 12.3. The van der Waals surface area contributed by atoms with Crippen LogP contribution in [0, 0.1) is 29.1 Å². The summed E-state index contributed by atoms with van der Waals surface area (Å²) in [6.07, 6.45) is 7.80. The highest BCUT2D eigenvalue weighted by atomic mass is 16.3. The second kappa shape index (κ2) is 8.15. The average Bonchev–Trinajstić information content (AvgIpc) is 3.07. The molecule has 4 aliphatic carbocycles. The lowest BCUT2D eigenvalue weighted by atomic mass is 9.51. The molecular weight excluding hydrogens is 410 g/mol. The van der Waals surface area contributed by atoms with Crippen molar-refractivity contribution in [2.75, 3.05) is 25.6 Å². The predicted octanol–water partition coefficient (Wildman–Crippen LogP) is 4.38. The van der Waals surface area contributed by atoms with E-state index in [-0.39, 0.29) is 23.7 Å². The number of allylic oxidation sites excluding steroid dienone is 4. The second-order valence-electron chi connectivity index (χ2n) is 10.8. The zero-order valence-corrected chi connectivity index (χ0v) is 20.0. The number of fused-ring (bicyclic) bond motifs is 4. The van der Waals surface area contributed by atoms with E-state index in [0.29, 0.717) is 24.7 Å². The molecule has 0 spiro atoms. The van der Waals surface area contributed by atoms with E-state index in [4.69, 9.17) is 0 Å². The maximum absolute atomic E-state index is 12.2. The van der Waals surface area contributed by atoms with E-state index in [1.165, 1.54) is 28.0 Å². The number of benzene rings is 1. The van der Waals surface area contributed by atoms with Crippen molar-refractivity contribution in [1.29, 1.82) is 0 Å². The van der Waals surface area contributed by atoms with Crippen molar-refractivity contribution >= 4 is 11.5 Å². The SMILES string of the molecule is CN(C)c1ccc(C2CC3(C)C(CCC3(O)C#CCO)[C@@H]3CCC4=CC(=O)CCC4=C23)cc1. The molecule has 2 saturated carbocycles. The lowest BCUT2D eigenvalue weighted by molar-refractivity contribution is -0.114. The van der Waals surface area contributed by atoms with Gasteiger partial charge < -0.3 is 15.1 Å². The van der Waals surface area contributed by atoms with Crippen LogP contribution in [0.4, 0.5) is 5.69 Å². The van der Waals surface area contributed by atoms with Crippen LogP contribution in [-0.4, -0.2) is 42.3 Å². The fourth-order valence-electron chi connectivity index (χ4n) is 7.36. The first-order chi connectivity index (χ1) is 15.8. The summed E-state index contributed by atoms with van der Waals surface area (Å²) in [5, 5.41) is 21.1. The van der Waals surface area contributed by atoms with Gasteiger partial charge >= 0.3 is 0 Å². The van der Waals surface area contributed by atoms with Crippen LogP contribution in [-0.2, 0) is 4.79 Å². The summed E-state index contributed by atoms with van der Waals surface area (Å²) in [6, 6.07) is 8.85. The largest absolute Gasteiger partial charge is 0.384 e. The minimum atomic E-state index is -1.07. The Morgan fingerprint density at radius 2 is 1.88 bits per heavy atom. The highest BCUT2D eigenvalue weighted by Gasteiger charge is 2.62. The summed E-state index contributed by atoms with van der Waals surface area (Å²) >= 11 is 0. The standard InChI is InChI=1S/C29H35NO3/c1-28-18-25(19-5-8-21(9-6-19)30(2)3)27-23-12-10-22(32)17-20(23)7-11-24(27)26(28)13-15-29(28,33)14-4-16-31/h5-6,8-9,17,24-26,31,33H,7,10-13,15-16,18H2,1-3H3/t24-,25?,26?,28?,29?/m0/s1. The third-order valence-electron chi connectivity index (χ3n) is 9.07. The fourth-order valence-corrected chi connectivity index (χ4v) is 7.36. The molecule has 4 unspecified atom stereocenters.